The topological polar surface area (TPSA) is 0 Å². The Morgan fingerprint density at radius 1 is 1.38 bits per heavy atom. The highest BCUT2D eigenvalue weighted by atomic mass is 14.3. The minimum atomic E-state index is 0.865. The average Bonchev–Trinajstić information content (AvgIpc) is 2.17. The summed E-state index contributed by atoms with van der Waals surface area (Å²) >= 11 is 0. The van der Waals surface area contributed by atoms with E-state index in [9.17, 15) is 0 Å². The first-order valence-corrected chi connectivity index (χ1v) is 5.64. The van der Waals surface area contributed by atoms with Crippen molar-refractivity contribution in [1.29, 1.82) is 0 Å². The van der Waals surface area contributed by atoms with E-state index in [1.54, 1.807) is 5.57 Å². The van der Waals surface area contributed by atoms with Crippen LogP contribution in [0.3, 0.4) is 0 Å². The summed E-state index contributed by atoms with van der Waals surface area (Å²) in [4.78, 5) is 0. The molecule has 72 valence electrons. The minimum absolute atomic E-state index is 0.865. The van der Waals surface area contributed by atoms with Crippen LogP contribution >= 0.6 is 0 Å². The zero-order chi connectivity index (χ0) is 9.26. The van der Waals surface area contributed by atoms with E-state index in [-0.39, 0.29) is 0 Å². The van der Waals surface area contributed by atoms with E-state index >= 15 is 0 Å². The van der Waals surface area contributed by atoms with Crippen LogP contribution in [0.25, 0.3) is 0 Å². The number of allylic oxidation sites excluding steroid dienone is 4. The fourth-order valence-electron chi connectivity index (χ4n) is 2.60. The van der Waals surface area contributed by atoms with Crippen molar-refractivity contribution in [3.8, 4) is 0 Å². The molecule has 0 N–H and O–H groups in total. The third-order valence-electron chi connectivity index (χ3n) is 3.65. The lowest BCUT2D eigenvalue weighted by Gasteiger charge is -2.32. The Morgan fingerprint density at radius 3 is 3.00 bits per heavy atom. The van der Waals surface area contributed by atoms with E-state index in [4.69, 9.17) is 0 Å². The van der Waals surface area contributed by atoms with Crippen LogP contribution in [-0.2, 0) is 0 Å². The minimum Gasteiger partial charge on any atom is -0.0842 e. The summed E-state index contributed by atoms with van der Waals surface area (Å²) in [6.45, 7) is 4.73. The molecule has 0 heteroatoms. The molecule has 0 spiro atoms. The maximum Gasteiger partial charge on any atom is -0.0159 e. The van der Waals surface area contributed by atoms with Crippen LogP contribution in [0.2, 0.25) is 0 Å². The van der Waals surface area contributed by atoms with Crippen LogP contribution in [0.15, 0.2) is 23.8 Å². The van der Waals surface area contributed by atoms with Gasteiger partial charge < -0.3 is 0 Å². The van der Waals surface area contributed by atoms with Crippen molar-refractivity contribution < 1.29 is 0 Å². The quantitative estimate of drug-likeness (QED) is 0.567. The van der Waals surface area contributed by atoms with Crippen LogP contribution < -0.4 is 0 Å². The molecule has 2 atom stereocenters. The van der Waals surface area contributed by atoms with Gasteiger partial charge in [-0.25, -0.2) is 0 Å². The molecule has 0 amide bonds. The first-order chi connectivity index (χ1) is 6.27. The largest absolute Gasteiger partial charge is 0.0842 e. The molecular weight excluding hydrogens is 156 g/mol. The summed E-state index contributed by atoms with van der Waals surface area (Å²) in [5, 5.41) is 0. The lowest BCUT2D eigenvalue weighted by Crippen LogP contribution is -2.20. The molecule has 13 heavy (non-hydrogen) atoms. The van der Waals surface area contributed by atoms with Crippen molar-refractivity contribution in [2.75, 3.05) is 0 Å². The number of rotatable bonds is 1. The van der Waals surface area contributed by atoms with Crippen molar-refractivity contribution in [2.45, 2.75) is 39.5 Å². The standard InChI is InChI=1S/C13H20/c1-10(2)12-8-7-11-5-3-4-6-13(11)9-12/h3,5,7,10,12-13H,4,6,8-9H2,1-2H3. The fraction of sp³-hybridized carbons (Fsp3) is 0.692. The van der Waals surface area contributed by atoms with Crippen LogP contribution in [0.1, 0.15) is 39.5 Å². The maximum absolute atomic E-state index is 2.48. The molecule has 0 nitrogen and oxygen atoms in total. The molecule has 2 rings (SSSR count). The molecule has 0 aromatic carbocycles. The van der Waals surface area contributed by atoms with Gasteiger partial charge in [0, 0.05) is 0 Å². The predicted octanol–water partition coefficient (Wildman–Crippen LogP) is 3.95. The van der Waals surface area contributed by atoms with Crippen molar-refractivity contribution in [1.82, 2.24) is 0 Å². The Bertz CT molecular complexity index is 232. The Hall–Kier alpha value is -0.520. The molecule has 0 aromatic heterocycles. The molecule has 0 bridgehead atoms. The van der Waals surface area contributed by atoms with Crippen molar-refractivity contribution in [2.24, 2.45) is 17.8 Å². The monoisotopic (exact) mass is 176 g/mol. The maximum atomic E-state index is 2.48. The average molecular weight is 176 g/mol. The molecular formula is C13H20. The number of hydrogen-bond donors (Lipinski definition) is 0. The third-order valence-corrected chi connectivity index (χ3v) is 3.65. The molecule has 2 unspecified atom stereocenters. The Kier molecular flexibility index (Phi) is 2.57. The molecule has 0 saturated carbocycles. The molecule has 0 fully saturated rings. The SMILES string of the molecule is CC(C)C1CC=C2C=CCCC2C1. The molecule has 0 heterocycles. The van der Waals surface area contributed by atoms with Gasteiger partial charge in [-0.2, -0.15) is 0 Å². The number of fused-ring (bicyclic) bond motifs is 1. The zero-order valence-electron chi connectivity index (χ0n) is 8.79. The highest BCUT2D eigenvalue weighted by Gasteiger charge is 2.25. The highest BCUT2D eigenvalue weighted by Crippen LogP contribution is 2.38. The first kappa shape index (κ1) is 9.05. The Labute approximate surface area is 81.7 Å². The second-order valence-electron chi connectivity index (χ2n) is 4.86. The van der Waals surface area contributed by atoms with Gasteiger partial charge in [-0.05, 0) is 49.0 Å². The smallest absolute Gasteiger partial charge is 0.0159 e. The van der Waals surface area contributed by atoms with Crippen molar-refractivity contribution >= 4 is 0 Å². The lowest BCUT2D eigenvalue weighted by atomic mass is 9.73. The van der Waals surface area contributed by atoms with Crippen molar-refractivity contribution in [3.63, 3.8) is 0 Å². The van der Waals surface area contributed by atoms with Gasteiger partial charge in [0.1, 0.15) is 0 Å². The van der Waals surface area contributed by atoms with E-state index in [2.05, 4.69) is 32.1 Å². The van der Waals surface area contributed by atoms with Gasteiger partial charge in [-0.3, -0.25) is 0 Å². The zero-order valence-corrected chi connectivity index (χ0v) is 8.79. The summed E-state index contributed by atoms with van der Waals surface area (Å²) in [7, 11) is 0. The summed E-state index contributed by atoms with van der Waals surface area (Å²) in [6, 6.07) is 0. The normalized spacial score (nSPS) is 33.0. The Morgan fingerprint density at radius 2 is 2.23 bits per heavy atom. The first-order valence-electron chi connectivity index (χ1n) is 5.64. The molecule has 0 saturated heterocycles. The second-order valence-corrected chi connectivity index (χ2v) is 4.86. The van der Waals surface area contributed by atoms with Crippen LogP contribution in [0.4, 0.5) is 0 Å². The van der Waals surface area contributed by atoms with E-state index in [0.717, 1.165) is 17.8 Å². The van der Waals surface area contributed by atoms with Gasteiger partial charge in [-0.1, -0.05) is 32.1 Å². The molecule has 2 aliphatic carbocycles. The Balaban J connectivity index is 2.09. The van der Waals surface area contributed by atoms with Gasteiger partial charge in [0.05, 0.1) is 0 Å². The van der Waals surface area contributed by atoms with E-state index in [1.807, 2.05) is 0 Å². The summed E-state index contributed by atoms with van der Waals surface area (Å²) in [6.07, 6.45) is 12.6. The fourth-order valence-corrected chi connectivity index (χ4v) is 2.60. The molecule has 0 radical (unpaired) electrons. The van der Waals surface area contributed by atoms with E-state index < -0.39 is 0 Å². The third kappa shape index (κ3) is 1.87. The van der Waals surface area contributed by atoms with Gasteiger partial charge >= 0.3 is 0 Å². The number of hydrogen-bond acceptors (Lipinski definition) is 0. The van der Waals surface area contributed by atoms with Crippen LogP contribution in [0, 0.1) is 17.8 Å². The van der Waals surface area contributed by atoms with E-state index in [1.165, 1.54) is 25.7 Å². The van der Waals surface area contributed by atoms with Crippen molar-refractivity contribution in [3.05, 3.63) is 23.8 Å². The van der Waals surface area contributed by atoms with Crippen LogP contribution in [-0.4, -0.2) is 0 Å². The molecule has 2 aliphatic rings. The van der Waals surface area contributed by atoms with Gasteiger partial charge in [-0.15, -0.1) is 0 Å². The second kappa shape index (κ2) is 3.69. The van der Waals surface area contributed by atoms with E-state index in [0.29, 0.717) is 0 Å². The summed E-state index contributed by atoms with van der Waals surface area (Å²) in [5.41, 5.74) is 1.63. The summed E-state index contributed by atoms with van der Waals surface area (Å²) in [5.74, 6) is 2.70. The van der Waals surface area contributed by atoms with Gasteiger partial charge in [0.2, 0.25) is 0 Å². The molecule has 0 aromatic rings. The molecule has 0 aliphatic heterocycles. The van der Waals surface area contributed by atoms with Gasteiger partial charge in [0.15, 0.2) is 0 Å². The lowest BCUT2D eigenvalue weighted by molar-refractivity contribution is 0.294. The van der Waals surface area contributed by atoms with Crippen LogP contribution in [0.5, 0.6) is 0 Å². The highest BCUT2D eigenvalue weighted by molar-refractivity contribution is 5.26. The predicted molar refractivity (Wildman–Crippen MR) is 57.5 cm³/mol. The van der Waals surface area contributed by atoms with Gasteiger partial charge in [0.25, 0.3) is 0 Å². The summed E-state index contributed by atoms with van der Waals surface area (Å²) < 4.78 is 0.